The molecule has 0 N–H and O–H groups in total. The molecule has 5 rings (SSSR count). The molecule has 0 bridgehead atoms. The largest absolute Gasteiger partial charge is 0.491 e. The Bertz CT molecular complexity index is 1500. The smallest absolute Gasteiger partial charge is 0.307 e. The maximum atomic E-state index is 13.2. The Labute approximate surface area is 295 Å². The van der Waals surface area contributed by atoms with Gasteiger partial charge in [-0.1, -0.05) is 44.0 Å². The lowest BCUT2D eigenvalue weighted by atomic mass is 9.70. The van der Waals surface area contributed by atoms with Gasteiger partial charge in [-0.3, -0.25) is 14.5 Å². The summed E-state index contributed by atoms with van der Waals surface area (Å²) >= 11 is 6.45. The van der Waals surface area contributed by atoms with Crippen LogP contribution in [0.25, 0.3) is 0 Å². The number of carbonyl (C=O) groups excluding carboxylic acids is 3. The minimum Gasteiger partial charge on any atom is -0.491 e. The zero-order chi connectivity index (χ0) is 34.6. The topological polar surface area (TPSA) is 97.7 Å². The quantitative estimate of drug-likeness (QED) is 0.0999. The number of aryl methyl sites for hydroxylation is 1. The molecule has 2 aromatic carbocycles. The van der Waals surface area contributed by atoms with Gasteiger partial charge in [-0.15, -0.1) is 4.99 Å². The molecule has 264 valence electrons. The molecule has 10 heteroatoms. The third-order valence-corrected chi connectivity index (χ3v) is 10.5. The van der Waals surface area contributed by atoms with Crippen molar-refractivity contribution in [2.75, 3.05) is 50.9 Å². The van der Waals surface area contributed by atoms with Crippen molar-refractivity contribution in [3.63, 3.8) is 0 Å². The van der Waals surface area contributed by atoms with Gasteiger partial charge in [0.05, 0.1) is 31.9 Å². The van der Waals surface area contributed by atoms with E-state index in [1.807, 2.05) is 12.1 Å². The van der Waals surface area contributed by atoms with Crippen LogP contribution in [0.5, 0.6) is 5.75 Å². The van der Waals surface area contributed by atoms with Crippen LogP contribution in [-0.4, -0.2) is 75.0 Å². The molecule has 2 heterocycles. The van der Waals surface area contributed by atoms with E-state index in [0.29, 0.717) is 68.1 Å². The van der Waals surface area contributed by atoms with Crippen LogP contribution in [0.4, 0.5) is 5.69 Å². The number of allylic oxidation sites excluding steroid dienone is 1. The molecule has 49 heavy (non-hydrogen) atoms. The first-order chi connectivity index (χ1) is 23.8. The fraction of sp³-hybridized carbons (Fsp3) is 0.564. The molecule has 2 aromatic rings. The lowest BCUT2D eigenvalue weighted by molar-refractivity contribution is -0.152. The molecule has 0 spiro atoms. The van der Waals surface area contributed by atoms with Crippen molar-refractivity contribution in [1.29, 1.82) is 0 Å². The number of amides is 1. The van der Waals surface area contributed by atoms with E-state index in [9.17, 15) is 14.4 Å². The Morgan fingerprint density at radius 1 is 1.10 bits per heavy atom. The third-order valence-electron chi connectivity index (χ3n) is 10.2. The number of isocyanates is 1. The van der Waals surface area contributed by atoms with Crippen molar-refractivity contribution < 1.29 is 28.6 Å². The minimum atomic E-state index is -0.642. The van der Waals surface area contributed by atoms with E-state index in [2.05, 4.69) is 46.9 Å². The molecular formula is C39H50ClN3O6. The zero-order valence-corrected chi connectivity index (χ0v) is 29.7. The number of halogens is 1. The molecule has 1 saturated carbocycles. The molecule has 0 aromatic heterocycles. The van der Waals surface area contributed by atoms with Gasteiger partial charge in [0.25, 0.3) is 5.91 Å². The second-order valence-electron chi connectivity index (χ2n) is 13.6. The predicted octanol–water partition coefficient (Wildman–Crippen LogP) is 7.19. The van der Waals surface area contributed by atoms with Crippen LogP contribution in [0, 0.1) is 17.8 Å². The van der Waals surface area contributed by atoms with Crippen LogP contribution >= 0.6 is 11.6 Å². The Hall–Kier alpha value is -3.49. The average molecular weight is 692 g/mol. The number of rotatable bonds is 12. The summed E-state index contributed by atoms with van der Waals surface area (Å²) in [4.78, 5) is 44.8. The number of hydrogen-bond acceptors (Lipinski definition) is 8. The summed E-state index contributed by atoms with van der Waals surface area (Å²) in [6.45, 7) is 9.94. The minimum absolute atomic E-state index is 0.150. The lowest BCUT2D eigenvalue weighted by Gasteiger charge is -2.43. The van der Waals surface area contributed by atoms with Gasteiger partial charge in [0, 0.05) is 49.2 Å². The van der Waals surface area contributed by atoms with Crippen LogP contribution in [0.1, 0.15) is 80.3 Å². The van der Waals surface area contributed by atoms with Crippen LogP contribution in [0.2, 0.25) is 5.02 Å². The van der Waals surface area contributed by atoms with Gasteiger partial charge in [-0.2, -0.15) is 0 Å². The van der Waals surface area contributed by atoms with Gasteiger partial charge in [0.2, 0.25) is 6.08 Å². The molecule has 2 aliphatic heterocycles. The van der Waals surface area contributed by atoms with Gasteiger partial charge in [-0.05, 0) is 97.9 Å². The van der Waals surface area contributed by atoms with Crippen molar-refractivity contribution in [3.05, 3.63) is 70.3 Å². The summed E-state index contributed by atoms with van der Waals surface area (Å²) in [6, 6.07) is 11.3. The first kappa shape index (κ1) is 36.8. The highest BCUT2D eigenvalue weighted by atomic mass is 35.5. The number of fused-ring (bicyclic) bond motifs is 2. The second kappa shape index (κ2) is 18.5. The van der Waals surface area contributed by atoms with Gasteiger partial charge in [0.15, 0.2) is 0 Å². The zero-order valence-electron chi connectivity index (χ0n) is 28.9. The highest BCUT2D eigenvalue weighted by molar-refractivity contribution is 6.30. The van der Waals surface area contributed by atoms with E-state index in [-0.39, 0.29) is 23.9 Å². The van der Waals surface area contributed by atoms with E-state index >= 15 is 0 Å². The molecule has 9 nitrogen and oxygen atoms in total. The molecule has 1 aliphatic carbocycles. The Morgan fingerprint density at radius 3 is 2.69 bits per heavy atom. The monoisotopic (exact) mass is 691 g/mol. The third kappa shape index (κ3) is 10.5. The summed E-state index contributed by atoms with van der Waals surface area (Å²) in [5.41, 5.74) is 3.43. The second-order valence-corrected chi connectivity index (χ2v) is 14.1. The van der Waals surface area contributed by atoms with E-state index in [0.717, 1.165) is 69.3 Å². The van der Waals surface area contributed by atoms with Crippen molar-refractivity contribution in [2.24, 2.45) is 22.7 Å². The first-order valence-electron chi connectivity index (χ1n) is 17.9. The number of morpholine rings is 1. The normalized spacial score (nSPS) is 21.2. The van der Waals surface area contributed by atoms with Crippen LogP contribution in [-0.2, 0) is 32.0 Å². The van der Waals surface area contributed by atoms with Crippen molar-refractivity contribution in [1.82, 2.24) is 4.90 Å². The number of aliphatic imine (C=N–C) groups is 1. The van der Waals surface area contributed by atoms with Gasteiger partial charge < -0.3 is 19.1 Å². The molecule has 2 fully saturated rings. The van der Waals surface area contributed by atoms with Gasteiger partial charge in [0.1, 0.15) is 11.9 Å². The highest BCUT2D eigenvalue weighted by Gasteiger charge is 2.39. The molecule has 3 aliphatic rings. The van der Waals surface area contributed by atoms with Crippen molar-refractivity contribution in [3.8, 4) is 5.75 Å². The summed E-state index contributed by atoms with van der Waals surface area (Å²) in [7, 11) is 0. The highest BCUT2D eigenvalue weighted by Crippen LogP contribution is 2.42. The molecule has 4 atom stereocenters. The molecule has 0 unspecified atom stereocenters. The summed E-state index contributed by atoms with van der Waals surface area (Å²) in [6.07, 6.45) is 12.4. The predicted molar refractivity (Wildman–Crippen MR) is 191 cm³/mol. The SMILES string of the molecule is CC[C@@H](C)C/C=C/[C@H](OC(=O)CCN1CCOCC1)[C@@H]1CC[C@H]1CN1Cc2ccc(Cl)cc2CCCCOc2ccc(C(=O)N=C=O)cc21. The number of nitrogens with zero attached hydrogens (tertiary/aromatic N) is 3. The van der Waals surface area contributed by atoms with Crippen molar-refractivity contribution >= 4 is 35.2 Å². The summed E-state index contributed by atoms with van der Waals surface area (Å²) < 4.78 is 18.0. The molecule has 1 saturated heterocycles. The fourth-order valence-corrected chi connectivity index (χ4v) is 7.06. The van der Waals surface area contributed by atoms with Gasteiger partial charge in [-0.25, -0.2) is 4.79 Å². The summed E-state index contributed by atoms with van der Waals surface area (Å²) in [5.74, 6) is 0.795. The first-order valence-corrected chi connectivity index (χ1v) is 18.3. The average Bonchev–Trinajstić information content (AvgIpc) is 3.12. The number of anilines is 1. The lowest BCUT2D eigenvalue weighted by Crippen LogP contribution is -2.44. The maximum absolute atomic E-state index is 13.2. The maximum Gasteiger partial charge on any atom is 0.307 e. The number of ether oxygens (including phenoxy) is 3. The number of carbonyl (C=O) groups is 2. The Kier molecular flexibility index (Phi) is 13.9. The number of hydrogen-bond donors (Lipinski definition) is 0. The fourth-order valence-electron chi connectivity index (χ4n) is 6.86. The van der Waals surface area contributed by atoms with Crippen LogP contribution < -0.4 is 9.64 Å². The van der Waals surface area contributed by atoms with Crippen LogP contribution in [0.3, 0.4) is 0 Å². The number of esters is 1. The standard InChI is InChI=1S/C39H50ClN3O6/c1-3-28(2)7-6-9-36(49-38(45)16-17-42-18-21-47-22-19-42)34-14-11-32(34)26-43-25-31-10-13-33(40)23-29(31)8-4-5-20-48-37-15-12-30(24-35(37)43)39(46)41-27-44/h6,9-10,12-13,15,23-24,28,32,34,36H,3-5,7-8,11,14,16-22,25-26H2,1-2H3/b9-6+/t28-,32+,34-,36+/m1/s1. The number of benzene rings is 2. The van der Waals surface area contributed by atoms with E-state index in [4.69, 9.17) is 25.8 Å². The summed E-state index contributed by atoms with van der Waals surface area (Å²) in [5, 5.41) is 0.706. The van der Waals surface area contributed by atoms with E-state index in [1.54, 1.807) is 18.2 Å². The van der Waals surface area contributed by atoms with E-state index in [1.165, 1.54) is 11.6 Å². The molecular weight excluding hydrogens is 642 g/mol. The molecule has 0 radical (unpaired) electrons. The Balaban J connectivity index is 1.42. The van der Waals surface area contributed by atoms with Crippen molar-refractivity contribution in [2.45, 2.75) is 77.9 Å². The van der Waals surface area contributed by atoms with E-state index < -0.39 is 5.91 Å². The van der Waals surface area contributed by atoms with Crippen LogP contribution in [0.15, 0.2) is 53.5 Å². The van der Waals surface area contributed by atoms with Gasteiger partial charge >= 0.3 is 5.97 Å². The molecule has 1 amide bonds. The Morgan fingerprint density at radius 2 is 1.94 bits per heavy atom.